The molecule has 0 saturated heterocycles. The van der Waals surface area contributed by atoms with E-state index in [1.165, 1.54) is 55.6 Å². The van der Waals surface area contributed by atoms with Gasteiger partial charge in [-0.1, -0.05) is 144 Å². The number of rotatable bonds is 16. The molecule has 48 heavy (non-hydrogen) atoms. The maximum atomic E-state index is 10.8. The summed E-state index contributed by atoms with van der Waals surface area (Å²) >= 11 is 0. The average Bonchev–Trinajstić information content (AvgIpc) is 3.09. The highest BCUT2D eigenvalue weighted by molar-refractivity contribution is 5.28. The van der Waals surface area contributed by atoms with E-state index < -0.39 is 0 Å². The zero-order valence-corrected chi connectivity index (χ0v) is 29.1. The van der Waals surface area contributed by atoms with E-state index in [0.717, 1.165) is 39.0 Å². The monoisotopic (exact) mass is 640 g/mol. The smallest absolute Gasteiger partial charge is 0.0590 e. The summed E-state index contributed by atoms with van der Waals surface area (Å²) in [6.45, 7) is 11.6. The summed E-state index contributed by atoms with van der Waals surface area (Å²) in [5, 5.41) is 21.5. The first-order valence-electron chi connectivity index (χ1n) is 17.3. The lowest BCUT2D eigenvalue weighted by Gasteiger charge is -2.32. The Labute approximate surface area is 288 Å². The van der Waals surface area contributed by atoms with Crippen molar-refractivity contribution in [2.45, 2.75) is 78.8 Å². The molecule has 5 aromatic carbocycles. The third-order valence-corrected chi connectivity index (χ3v) is 9.41. The van der Waals surface area contributed by atoms with Gasteiger partial charge in [-0.2, -0.15) is 0 Å². The van der Waals surface area contributed by atoms with Crippen molar-refractivity contribution in [1.29, 1.82) is 0 Å². The number of aryl methyl sites for hydroxylation is 4. The minimum atomic E-state index is -0.0453. The maximum Gasteiger partial charge on any atom is 0.0590 e. The van der Waals surface area contributed by atoms with Crippen LogP contribution in [0.5, 0.6) is 0 Å². The molecular formula is C44H52N2O2. The summed E-state index contributed by atoms with van der Waals surface area (Å²) in [5.74, 6) is 0. The van der Waals surface area contributed by atoms with Crippen LogP contribution in [0.4, 0.5) is 0 Å². The van der Waals surface area contributed by atoms with Crippen LogP contribution in [0.3, 0.4) is 0 Å². The summed E-state index contributed by atoms with van der Waals surface area (Å²) in [6, 6.07) is 43.5. The van der Waals surface area contributed by atoms with Crippen LogP contribution in [0.25, 0.3) is 0 Å². The van der Waals surface area contributed by atoms with Gasteiger partial charge in [0.2, 0.25) is 0 Å². The second kappa shape index (κ2) is 17.4. The van der Waals surface area contributed by atoms with Gasteiger partial charge < -0.3 is 10.2 Å². The molecule has 0 heterocycles. The predicted molar refractivity (Wildman–Crippen MR) is 199 cm³/mol. The number of nitrogens with zero attached hydrogens (tertiary/aromatic N) is 2. The minimum Gasteiger partial charge on any atom is -0.395 e. The zero-order valence-electron chi connectivity index (χ0n) is 29.1. The molecule has 2 N–H and O–H groups in total. The molecule has 0 aliphatic carbocycles. The Morgan fingerprint density at radius 1 is 0.396 bits per heavy atom. The first-order chi connectivity index (χ1) is 23.3. The normalized spacial score (nSPS) is 12.8. The molecule has 0 spiro atoms. The first kappa shape index (κ1) is 35.3. The molecule has 0 radical (unpaired) electrons. The van der Waals surface area contributed by atoms with Crippen LogP contribution in [0.2, 0.25) is 0 Å². The van der Waals surface area contributed by atoms with Crippen molar-refractivity contribution in [1.82, 2.24) is 9.80 Å². The van der Waals surface area contributed by atoms with Gasteiger partial charge in [-0.25, -0.2) is 0 Å². The van der Waals surface area contributed by atoms with Crippen LogP contribution in [-0.2, 0) is 39.0 Å². The molecule has 0 fully saturated rings. The topological polar surface area (TPSA) is 46.9 Å². The summed E-state index contributed by atoms with van der Waals surface area (Å²) in [6.07, 6.45) is 1.48. The predicted octanol–water partition coefficient (Wildman–Crippen LogP) is 8.13. The third kappa shape index (κ3) is 10.5. The van der Waals surface area contributed by atoms with Crippen LogP contribution in [-0.4, -0.2) is 45.3 Å². The number of aliphatic hydroxyl groups excluding tert-OH is 2. The molecule has 5 aromatic rings. The lowest BCUT2D eigenvalue weighted by atomic mass is 9.97. The summed E-state index contributed by atoms with van der Waals surface area (Å²) in [5.41, 5.74) is 12.4. The van der Waals surface area contributed by atoms with Crippen molar-refractivity contribution in [3.8, 4) is 0 Å². The van der Waals surface area contributed by atoms with Crippen LogP contribution in [0, 0.1) is 27.7 Å². The molecule has 250 valence electrons. The fourth-order valence-electron chi connectivity index (χ4n) is 6.39. The van der Waals surface area contributed by atoms with E-state index >= 15 is 0 Å². The third-order valence-electron chi connectivity index (χ3n) is 9.41. The highest BCUT2D eigenvalue weighted by atomic mass is 16.3. The molecular weight excluding hydrogens is 588 g/mol. The van der Waals surface area contributed by atoms with E-state index in [1.807, 2.05) is 0 Å². The van der Waals surface area contributed by atoms with E-state index in [9.17, 15) is 10.2 Å². The lowest BCUT2D eigenvalue weighted by Crippen LogP contribution is -2.39. The van der Waals surface area contributed by atoms with Gasteiger partial charge in [-0.15, -0.1) is 0 Å². The van der Waals surface area contributed by atoms with Gasteiger partial charge in [0.05, 0.1) is 13.2 Å². The van der Waals surface area contributed by atoms with E-state index in [1.54, 1.807) is 0 Å². The van der Waals surface area contributed by atoms with Gasteiger partial charge in [0.1, 0.15) is 0 Å². The molecule has 0 saturated carbocycles. The highest BCUT2D eigenvalue weighted by Gasteiger charge is 2.22. The summed E-state index contributed by atoms with van der Waals surface area (Å²) < 4.78 is 0. The minimum absolute atomic E-state index is 0.0453. The van der Waals surface area contributed by atoms with Gasteiger partial charge in [0.15, 0.2) is 0 Å². The van der Waals surface area contributed by atoms with Gasteiger partial charge in [-0.3, -0.25) is 9.80 Å². The Kier molecular flexibility index (Phi) is 12.8. The van der Waals surface area contributed by atoms with Gasteiger partial charge in [-0.05, 0) is 73.9 Å². The Morgan fingerprint density at radius 2 is 0.667 bits per heavy atom. The Bertz CT molecular complexity index is 1460. The molecule has 0 aliphatic rings. The van der Waals surface area contributed by atoms with Crippen LogP contribution in [0.1, 0.15) is 55.6 Å². The van der Waals surface area contributed by atoms with E-state index in [4.69, 9.17) is 0 Å². The van der Waals surface area contributed by atoms with E-state index in [2.05, 4.69) is 159 Å². The molecule has 0 bridgehead atoms. The Morgan fingerprint density at radius 3 is 0.917 bits per heavy atom. The number of benzene rings is 5. The molecule has 0 amide bonds. The summed E-state index contributed by atoms with van der Waals surface area (Å²) in [4.78, 5) is 4.81. The van der Waals surface area contributed by atoms with Gasteiger partial charge >= 0.3 is 0 Å². The second-order valence-electron chi connectivity index (χ2n) is 13.7. The van der Waals surface area contributed by atoms with E-state index in [0.29, 0.717) is 0 Å². The van der Waals surface area contributed by atoms with Gasteiger partial charge in [0, 0.05) is 38.3 Å². The number of hydrogen-bond donors (Lipinski definition) is 2. The largest absolute Gasteiger partial charge is 0.395 e. The fourth-order valence-corrected chi connectivity index (χ4v) is 6.39. The maximum absolute atomic E-state index is 10.8. The van der Waals surface area contributed by atoms with Crippen molar-refractivity contribution in [3.05, 3.63) is 177 Å². The SMILES string of the molecule is Cc1ccc(CN(Cc2ccc(C)cc2)[C@H](CO)Cc2cccc(C[C@@H](CO)N(Cc3ccc(C)cc3)Cc3ccc(C)cc3)c2)cc1. The number of hydrogen-bond acceptors (Lipinski definition) is 4. The molecule has 4 heteroatoms. The van der Waals surface area contributed by atoms with Crippen molar-refractivity contribution >= 4 is 0 Å². The van der Waals surface area contributed by atoms with Gasteiger partial charge in [0.25, 0.3) is 0 Å². The molecule has 4 nitrogen and oxygen atoms in total. The molecule has 0 aliphatic heterocycles. The molecule has 0 aromatic heterocycles. The molecule has 0 unspecified atom stereocenters. The van der Waals surface area contributed by atoms with Crippen molar-refractivity contribution in [2.75, 3.05) is 13.2 Å². The quantitative estimate of drug-likeness (QED) is 0.114. The second-order valence-corrected chi connectivity index (χ2v) is 13.7. The van der Waals surface area contributed by atoms with E-state index in [-0.39, 0.29) is 25.3 Å². The first-order valence-corrected chi connectivity index (χ1v) is 17.3. The lowest BCUT2D eigenvalue weighted by molar-refractivity contribution is 0.108. The van der Waals surface area contributed by atoms with Crippen LogP contribution < -0.4 is 0 Å². The van der Waals surface area contributed by atoms with Crippen molar-refractivity contribution < 1.29 is 10.2 Å². The Balaban J connectivity index is 1.35. The number of aliphatic hydroxyl groups is 2. The fraction of sp³-hybridized carbons (Fsp3) is 0.318. The van der Waals surface area contributed by atoms with Crippen LogP contribution in [0.15, 0.2) is 121 Å². The average molecular weight is 641 g/mol. The zero-order chi connectivity index (χ0) is 33.9. The summed E-state index contributed by atoms with van der Waals surface area (Å²) in [7, 11) is 0. The van der Waals surface area contributed by atoms with Crippen LogP contribution >= 0.6 is 0 Å². The molecule has 2 atom stereocenters. The Hall–Kier alpha value is -4.06. The standard InChI is InChI=1S/C44H52N2O2/c1-33-8-16-37(17-9-33)27-45(28-38-18-10-34(2)11-19-38)43(31-47)25-41-6-5-7-42(24-41)26-44(32-48)46(29-39-20-12-35(3)13-21-39)30-40-22-14-36(4)15-23-40/h5-24,43-44,47-48H,25-32H2,1-4H3/t43-,44-/m0/s1. The van der Waals surface area contributed by atoms with Crippen molar-refractivity contribution in [3.63, 3.8) is 0 Å². The van der Waals surface area contributed by atoms with Crippen molar-refractivity contribution in [2.24, 2.45) is 0 Å². The highest BCUT2D eigenvalue weighted by Crippen LogP contribution is 2.22. The molecule has 5 rings (SSSR count).